The highest BCUT2D eigenvalue weighted by Crippen LogP contribution is 2.30. The van der Waals surface area contributed by atoms with Gasteiger partial charge in [-0.25, -0.2) is 0 Å². The third-order valence-electron chi connectivity index (χ3n) is 2.15. The van der Waals surface area contributed by atoms with Crippen LogP contribution in [0.25, 0.3) is 0 Å². The molecule has 0 fully saturated rings. The molecule has 7 heteroatoms. The Balaban J connectivity index is 1.92. The molecular formula is C12H11Cl2N3S2. The first-order valence-electron chi connectivity index (χ1n) is 5.44. The molecule has 0 bridgehead atoms. The van der Waals surface area contributed by atoms with Crippen molar-refractivity contribution in [2.45, 2.75) is 10.1 Å². The minimum atomic E-state index is 0.572. The van der Waals surface area contributed by atoms with Crippen LogP contribution in [0, 0.1) is 0 Å². The predicted octanol–water partition coefficient (Wildman–Crippen LogP) is 4.74. The van der Waals surface area contributed by atoms with Gasteiger partial charge >= 0.3 is 0 Å². The molecule has 0 aliphatic carbocycles. The van der Waals surface area contributed by atoms with Gasteiger partial charge in [0.1, 0.15) is 0 Å². The molecule has 1 aromatic carbocycles. The van der Waals surface area contributed by atoms with E-state index in [2.05, 4.69) is 22.1 Å². The second kappa shape index (κ2) is 7.14. The van der Waals surface area contributed by atoms with Crippen molar-refractivity contribution in [2.24, 2.45) is 0 Å². The number of hydrogen-bond donors (Lipinski definition) is 1. The lowest BCUT2D eigenvalue weighted by atomic mass is 10.2. The zero-order valence-electron chi connectivity index (χ0n) is 9.90. The summed E-state index contributed by atoms with van der Waals surface area (Å²) < 4.78 is 0.914. The smallest absolute Gasteiger partial charge is 0.206 e. The average Bonchev–Trinajstić information content (AvgIpc) is 2.86. The molecule has 0 saturated carbocycles. The number of aromatic nitrogens is 2. The van der Waals surface area contributed by atoms with Gasteiger partial charge in [-0.1, -0.05) is 58.4 Å². The lowest BCUT2D eigenvalue weighted by Crippen LogP contribution is -1.96. The van der Waals surface area contributed by atoms with E-state index in [-0.39, 0.29) is 0 Å². The molecule has 1 heterocycles. The monoisotopic (exact) mass is 331 g/mol. The van der Waals surface area contributed by atoms with Crippen LogP contribution in [-0.4, -0.2) is 16.7 Å². The summed E-state index contributed by atoms with van der Waals surface area (Å²) in [4.78, 5) is 0. The molecule has 100 valence electrons. The van der Waals surface area contributed by atoms with Crippen molar-refractivity contribution in [1.29, 1.82) is 0 Å². The van der Waals surface area contributed by atoms with Crippen molar-refractivity contribution in [1.82, 2.24) is 10.2 Å². The molecule has 0 aliphatic rings. The minimum Gasteiger partial charge on any atom is -0.357 e. The van der Waals surface area contributed by atoms with Crippen molar-refractivity contribution < 1.29 is 0 Å². The predicted molar refractivity (Wildman–Crippen MR) is 84.6 cm³/mol. The molecule has 0 spiro atoms. The number of nitrogens with zero attached hydrogens (tertiary/aromatic N) is 2. The van der Waals surface area contributed by atoms with Gasteiger partial charge in [0.05, 0.1) is 10.0 Å². The van der Waals surface area contributed by atoms with Gasteiger partial charge in [0.25, 0.3) is 0 Å². The summed E-state index contributed by atoms with van der Waals surface area (Å²) >= 11 is 15.0. The Bertz CT molecular complexity index is 572. The van der Waals surface area contributed by atoms with Crippen LogP contribution in [0.3, 0.4) is 0 Å². The maximum Gasteiger partial charge on any atom is 0.206 e. The van der Waals surface area contributed by atoms with Crippen molar-refractivity contribution in [3.8, 4) is 0 Å². The highest BCUT2D eigenvalue weighted by atomic mass is 35.5. The van der Waals surface area contributed by atoms with Gasteiger partial charge in [-0.3, -0.25) is 0 Å². The number of benzene rings is 1. The lowest BCUT2D eigenvalue weighted by molar-refractivity contribution is 1.01. The Morgan fingerprint density at radius 2 is 2.16 bits per heavy atom. The van der Waals surface area contributed by atoms with Crippen molar-refractivity contribution in [2.75, 3.05) is 11.9 Å². The zero-order valence-corrected chi connectivity index (χ0v) is 13.0. The van der Waals surface area contributed by atoms with Gasteiger partial charge in [-0.15, -0.1) is 16.8 Å². The zero-order chi connectivity index (χ0) is 13.7. The summed E-state index contributed by atoms with van der Waals surface area (Å²) in [5, 5.41) is 13.2. The van der Waals surface area contributed by atoms with E-state index in [1.807, 2.05) is 12.1 Å². The summed E-state index contributed by atoms with van der Waals surface area (Å²) in [6.45, 7) is 4.33. The molecule has 2 rings (SSSR count). The maximum atomic E-state index is 5.97. The van der Waals surface area contributed by atoms with E-state index in [1.54, 1.807) is 23.9 Å². The Labute approximate surface area is 130 Å². The number of halogens is 2. The number of thioether (sulfide) groups is 1. The quantitative estimate of drug-likeness (QED) is 0.613. The van der Waals surface area contributed by atoms with Gasteiger partial charge in [0.15, 0.2) is 4.34 Å². The SMILES string of the molecule is C=CCNc1nnc(SCc2ccc(Cl)c(Cl)c2)s1. The van der Waals surface area contributed by atoms with E-state index in [1.165, 1.54) is 11.3 Å². The molecule has 0 unspecified atom stereocenters. The summed E-state index contributed by atoms with van der Waals surface area (Å²) in [6.07, 6.45) is 1.78. The van der Waals surface area contributed by atoms with Gasteiger partial charge in [0, 0.05) is 12.3 Å². The standard InChI is InChI=1S/C12H11Cl2N3S2/c1-2-5-15-11-16-17-12(19-11)18-7-8-3-4-9(13)10(14)6-8/h2-4,6H,1,5,7H2,(H,15,16). The van der Waals surface area contributed by atoms with E-state index >= 15 is 0 Å². The van der Waals surface area contributed by atoms with Gasteiger partial charge in [0.2, 0.25) is 5.13 Å². The molecule has 0 amide bonds. The highest BCUT2D eigenvalue weighted by Gasteiger charge is 2.05. The topological polar surface area (TPSA) is 37.8 Å². The average molecular weight is 332 g/mol. The first kappa shape index (κ1) is 14.7. The summed E-state index contributed by atoms with van der Waals surface area (Å²) in [6, 6.07) is 5.63. The number of rotatable bonds is 6. The lowest BCUT2D eigenvalue weighted by Gasteiger charge is -2.01. The van der Waals surface area contributed by atoms with Crippen LogP contribution in [0.15, 0.2) is 35.2 Å². The van der Waals surface area contributed by atoms with Crippen LogP contribution in [0.5, 0.6) is 0 Å². The highest BCUT2D eigenvalue weighted by molar-refractivity contribution is 8.00. The maximum absolute atomic E-state index is 5.97. The molecule has 1 aromatic heterocycles. The third-order valence-corrected chi connectivity index (χ3v) is 4.97. The van der Waals surface area contributed by atoms with Crippen molar-refractivity contribution in [3.05, 3.63) is 46.5 Å². The van der Waals surface area contributed by atoms with Crippen LogP contribution in [-0.2, 0) is 5.75 Å². The minimum absolute atomic E-state index is 0.572. The fraction of sp³-hybridized carbons (Fsp3) is 0.167. The van der Waals surface area contributed by atoms with Crippen LogP contribution >= 0.6 is 46.3 Å². The van der Waals surface area contributed by atoms with E-state index in [9.17, 15) is 0 Å². The van der Waals surface area contributed by atoms with E-state index in [4.69, 9.17) is 23.2 Å². The van der Waals surface area contributed by atoms with Crippen molar-refractivity contribution in [3.63, 3.8) is 0 Å². The Kier molecular flexibility index (Phi) is 5.51. The molecule has 19 heavy (non-hydrogen) atoms. The Morgan fingerprint density at radius 1 is 1.32 bits per heavy atom. The Hall–Kier alpha value is -0.750. The fourth-order valence-electron chi connectivity index (χ4n) is 1.27. The molecule has 0 radical (unpaired) electrons. The third kappa shape index (κ3) is 4.38. The van der Waals surface area contributed by atoms with Gasteiger partial charge in [-0.05, 0) is 17.7 Å². The van der Waals surface area contributed by atoms with Gasteiger partial charge in [-0.2, -0.15) is 0 Å². The molecule has 1 N–H and O–H groups in total. The van der Waals surface area contributed by atoms with E-state index in [0.717, 1.165) is 20.8 Å². The van der Waals surface area contributed by atoms with Crippen LogP contribution < -0.4 is 5.32 Å². The molecule has 0 aliphatic heterocycles. The first-order chi connectivity index (χ1) is 9.19. The van der Waals surface area contributed by atoms with E-state index < -0.39 is 0 Å². The second-order valence-corrected chi connectivity index (χ2v) is 6.59. The second-order valence-electron chi connectivity index (χ2n) is 3.58. The van der Waals surface area contributed by atoms with Crippen LogP contribution in [0.4, 0.5) is 5.13 Å². The van der Waals surface area contributed by atoms with Crippen LogP contribution in [0.2, 0.25) is 10.0 Å². The summed E-state index contributed by atoms with van der Waals surface area (Å²) in [7, 11) is 0. The first-order valence-corrected chi connectivity index (χ1v) is 8.00. The summed E-state index contributed by atoms with van der Waals surface area (Å²) in [5.74, 6) is 0.785. The van der Waals surface area contributed by atoms with E-state index in [0.29, 0.717) is 16.6 Å². The molecule has 3 nitrogen and oxygen atoms in total. The molecule has 2 aromatic rings. The Morgan fingerprint density at radius 3 is 2.89 bits per heavy atom. The molecular weight excluding hydrogens is 321 g/mol. The molecule has 0 saturated heterocycles. The largest absolute Gasteiger partial charge is 0.357 e. The van der Waals surface area contributed by atoms with Gasteiger partial charge < -0.3 is 5.32 Å². The van der Waals surface area contributed by atoms with Crippen molar-refractivity contribution >= 4 is 51.4 Å². The number of nitrogens with one attached hydrogen (secondary N) is 1. The number of hydrogen-bond acceptors (Lipinski definition) is 5. The molecule has 0 atom stereocenters. The summed E-state index contributed by atoms with van der Waals surface area (Å²) in [5.41, 5.74) is 1.11. The fourth-order valence-corrected chi connectivity index (χ4v) is 3.30. The number of anilines is 1. The normalized spacial score (nSPS) is 10.4. The van der Waals surface area contributed by atoms with Crippen LogP contribution in [0.1, 0.15) is 5.56 Å².